The molecule has 0 bridgehead atoms. The number of nitrogens with zero attached hydrogens (tertiary/aromatic N) is 1. The molecule has 0 saturated heterocycles. The molecule has 0 aliphatic heterocycles. The summed E-state index contributed by atoms with van der Waals surface area (Å²) < 4.78 is 0. The number of carbonyl (C=O) groups is 1. The number of thioether (sulfide) groups is 1. The predicted molar refractivity (Wildman–Crippen MR) is 68.3 cm³/mol. The van der Waals surface area contributed by atoms with E-state index in [1.54, 1.807) is 18.2 Å². The van der Waals surface area contributed by atoms with E-state index in [1.807, 2.05) is 19.9 Å². The first-order valence-corrected chi connectivity index (χ1v) is 6.30. The lowest BCUT2D eigenvalue weighted by molar-refractivity contribution is -0.137. The maximum Gasteiger partial charge on any atom is 0.317 e. The molecule has 0 heterocycles. The highest BCUT2D eigenvalue weighted by atomic mass is 35.5. The van der Waals surface area contributed by atoms with Crippen LogP contribution < -0.4 is 0 Å². The highest BCUT2D eigenvalue weighted by molar-refractivity contribution is 8.00. The maximum absolute atomic E-state index is 11.0. The third-order valence-corrected chi connectivity index (χ3v) is 4.01. The molecule has 0 radical (unpaired) electrons. The Morgan fingerprint density at radius 2 is 2.18 bits per heavy atom. The molecule has 5 heteroatoms. The van der Waals surface area contributed by atoms with Gasteiger partial charge < -0.3 is 5.11 Å². The van der Waals surface area contributed by atoms with Crippen LogP contribution in [0.2, 0.25) is 5.02 Å². The standard InChI is InChI=1S/C12H12ClNO2S/c1-7(2)11(12(15)16)17-9-4-3-8(6-14)10(13)5-9/h3-5,7,11H,1-2H3,(H,15,16). The quantitative estimate of drug-likeness (QED) is 0.851. The molecule has 90 valence electrons. The minimum absolute atomic E-state index is 0.0203. The van der Waals surface area contributed by atoms with Crippen LogP contribution in [0.5, 0.6) is 0 Å². The van der Waals surface area contributed by atoms with E-state index in [0.29, 0.717) is 10.6 Å². The molecule has 0 saturated carbocycles. The monoisotopic (exact) mass is 269 g/mol. The van der Waals surface area contributed by atoms with Crippen LogP contribution in [0.4, 0.5) is 0 Å². The van der Waals surface area contributed by atoms with Crippen molar-refractivity contribution >= 4 is 29.3 Å². The Morgan fingerprint density at radius 3 is 2.59 bits per heavy atom. The summed E-state index contributed by atoms with van der Waals surface area (Å²) in [7, 11) is 0. The summed E-state index contributed by atoms with van der Waals surface area (Å²) >= 11 is 7.13. The van der Waals surface area contributed by atoms with Crippen LogP contribution in [0.3, 0.4) is 0 Å². The van der Waals surface area contributed by atoms with E-state index >= 15 is 0 Å². The predicted octanol–water partition coefficient (Wildman–Crippen LogP) is 3.41. The fourth-order valence-electron chi connectivity index (χ4n) is 1.28. The Bertz CT molecular complexity index is 468. The van der Waals surface area contributed by atoms with Crippen molar-refractivity contribution in [3.63, 3.8) is 0 Å². The third-order valence-electron chi connectivity index (χ3n) is 2.17. The van der Waals surface area contributed by atoms with Crippen LogP contribution in [0.15, 0.2) is 23.1 Å². The molecule has 0 fully saturated rings. The molecule has 1 aromatic carbocycles. The molecular formula is C12H12ClNO2S. The number of rotatable bonds is 4. The Balaban J connectivity index is 2.92. The number of halogens is 1. The third kappa shape index (κ3) is 3.65. The van der Waals surface area contributed by atoms with Crippen LogP contribution >= 0.6 is 23.4 Å². The zero-order chi connectivity index (χ0) is 13.0. The van der Waals surface area contributed by atoms with E-state index in [0.717, 1.165) is 4.90 Å². The first-order chi connectivity index (χ1) is 7.95. The summed E-state index contributed by atoms with van der Waals surface area (Å²) in [5, 5.41) is 17.6. The lowest BCUT2D eigenvalue weighted by Gasteiger charge is -2.15. The fraction of sp³-hybridized carbons (Fsp3) is 0.333. The Kier molecular flexibility index (Phi) is 4.86. The van der Waals surface area contributed by atoms with Gasteiger partial charge in [0.05, 0.1) is 10.6 Å². The average molecular weight is 270 g/mol. The number of aliphatic carboxylic acids is 1. The van der Waals surface area contributed by atoms with Crippen molar-refractivity contribution in [3.05, 3.63) is 28.8 Å². The zero-order valence-electron chi connectivity index (χ0n) is 9.48. The molecule has 0 spiro atoms. The van der Waals surface area contributed by atoms with Gasteiger partial charge in [0.1, 0.15) is 11.3 Å². The number of carboxylic acids is 1. The minimum atomic E-state index is -0.842. The number of nitriles is 1. The first-order valence-electron chi connectivity index (χ1n) is 5.04. The van der Waals surface area contributed by atoms with E-state index < -0.39 is 11.2 Å². The Morgan fingerprint density at radius 1 is 1.53 bits per heavy atom. The SMILES string of the molecule is CC(C)C(Sc1ccc(C#N)c(Cl)c1)C(=O)O. The largest absolute Gasteiger partial charge is 0.480 e. The molecular weight excluding hydrogens is 258 g/mol. The molecule has 0 amide bonds. The molecule has 0 aliphatic rings. The van der Waals surface area contributed by atoms with Gasteiger partial charge in [0.2, 0.25) is 0 Å². The van der Waals surface area contributed by atoms with Crippen LogP contribution in [0.1, 0.15) is 19.4 Å². The van der Waals surface area contributed by atoms with Gasteiger partial charge in [0.15, 0.2) is 0 Å². The molecule has 1 unspecified atom stereocenters. The molecule has 1 rings (SSSR count). The molecule has 1 N–H and O–H groups in total. The van der Waals surface area contributed by atoms with Crippen molar-refractivity contribution in [2.24, 2.45) is 5.92 Å². The van der Waals surface area contributed by atoms with Crippen molar-refractivity contribution in [1.29, 1.82) is 5.26 Å². The summed E-state index contributed by atoms with van der Waals surface area (Å²) in [6, 6.07) is 6.91. The summed E-state index contributed by atoms with van der Waals surface area (Å²) in [5.74, 6) is -0.822. The maximum atomic E-state index is 11.0. The van der Waals surface area contributed by atoms with Crippen LogP contribution in [0.25, 0.3) is 0 Å². The van der Waals surface area contributed by atoms with E-state index in [9.17, 15) is 4.79 Å². The van der Waals surface area contributed by atoms with Gasteiger partial charge in [-0.25, -0.2) is 0 Å². The van der Waals surface area contributed by atoms with Crippen LogP contribution in [-0.4, -0.2) is 16.3 Å². The number of benzene rings is 1. The summed E-state index contributed by atoms with van der Waals surface area (Å²) in [5.41, 5.74) is 0.396. The van der Waals surface area contributed by atoms with Crippen molar-refractivity contribution in [3.8, 4) is 6.07 Å². The molecule has 0 aromatic heterocycles. The highest BCUT2D eigenvalue weighted by Gasteiger charge is 2.22. The number of hydrogen-bond acceptors (Lipinski definition) is 3. The van der Waals surface area contributed by atoms with E-state index in [2.05, 4.69) is 0 Å². The smallest absolute Gasteiger partial charge is 0.317 e. The van der Waals surface area contributed by atoms with Gasteiger partial charge in [0, 0.05) is 4.90 Å². The minimum Gasteiger partial charge on any atom is -0.480 e. The number of hydrogen-bond donors (Lipinski definition) is 1. The van der Waals surface area contributed by atoms with Gasteiger partial charge in [-0.15, -0.1) is 11.8 Å². The second-order valence-electron chi connectivity index (χ2n) is 3.87. The molecule has 3 nitrogen and oxygen atoms in total. The second kappa shape index (κ2) is 5.95. The summed E-state index contributed by atoms with van der Waals surface area (Å²) in [6.45, 7) is 3.72. The van der Waals surface area contributed by atoms with Gasteiger partial charge in [-0.3, -0.25) is 4.79 Å². The van der Waals surface area contributed by atoms with E-state index in [4.69, 9.17) is 22.0 Å². The van der Waals surface area contributed by atoms with E-state index in [-0.39, 0.29) is 5.92 Å². The van der Waals surface area contributed by atoms with Gasteiger partial charge in [-0.05, 0) is 24.1 Å². The van der Waals surface area contributed by atoms with Gasteiger partial charge in [-0.2, -0.15) is 5.26 Å². The highest BCUT2D eigenvalue weighted by Crippen LogP contribution is 2.31. The van der Waals surface area contributed by atoms with E-state index in [1.165, 1.54) is 11.8 Å². The molecule has 0 aliphatic carbocycles. The van der Waals surface area contributed by atoms with Gasteiger partial charge >= 0.3 is 5.97 Å². The Labute approximate surface area is 109 Å². The van der Waals surface area contributed by atoms with Crippen molar-refractivity contribution in [1.82, 2.24) is 0 Å². The lowest BCUT2D eigenvalue weighted by Crippen LogP contribution is -2.22. The normalized spacial score (nSPS) is 12.2. The van der Waals surface area contributed by atoms with Crippen LogP contribution in [0, 0.1) is 17.2 Å². The zero-order valence-corrected chi connectivity index (χ0v) is 11.0. The summed E-state index contributed by atoms with van der Waals surface area (Å²) in [4.78, 5) is 11.8. The molecule has 1 aromatic rings. The topological polar surface area (TPSA) is 61.1 Å². The summed E-state index contributed by atoms with van der Waals surface area (Å²) in [6.07, 6.45) is 0. The second-order valence-corrected chi connectivity index (χ2v) is 5.50. The average Bonchev–Trinajstić information content (AvgIpc) is 2.25. The van der Waals surface area contributed by atoms with Crippen molar-refractivity contribution < 1.29 is 9.90 Å². The molecule has 1 atom stereocenters. The number of carboxylic acid groups (broad SMARTS) is 1. The van der Waals surface area contributed by atoms with Crippen molar-refractivity contribution in [2.75, 3.05) is 0 Å². The van der Waals surface area contributed by atoms with Gasteiger partial charge in [-0.1, -0.05) is 25.4 Å². The fourth-order valence-corrected chi connectivity index (χ4v) is 2.56. The Hall–Kier alpha value is -1.18. The van der Waals surface area contributed by atoms with Crippen molar-refractivity contribution in [2.45, 2.75) is 24.0 Å². The first kappa shape index (κ1) is 13.9. The lowest BCUT2D eigenvalue weighted by atomic mass is 10.1. The molecule has 17 heavy (non-hydrogen) atoms. The van der Waals surface area contributed by atoms with Crippen LogP contribution in [-0.2, 0) is 4.79 Å². The van der Waals surface area contributed by atoms with Gasteiger partial charge in [0.25, 0.3) is 0 Å².